The number of carbonyl (C=O) groups excluding carboxylic acids is 1. The van der Waals surface area contributed by atoms with Crippen molar-refractivity contribution >= 4 is 17.5 Å². The van der Waals surface area contributed by atoms with Gasteiger partial charge in [0.2, 0.25) is 5.91 Å². The smallest absolute Gasteiger partial charge is 0.220 e. The van der Waals surface area contributed by atoms with Crippen LogP contribution in [0, 0.1) is 23.2 Å². The lowest BCUT2D eigenvalue weighted by Crippen LogP contribution is -2.48. The largest absolute Gasteiger partial charge is 0.352 e. The van der Waals surface area contributed by atoms with E-state index in [2.05, 4.69) is 5.32 Å². The predicted octanol–water partition coefficient (Wildman–Crippen LogP) is 3.34. The van der Waals surface area contributed by atoms with E-state index in [1.165, 1.54) is 38.5 Å². The lowest BCUT2D eigenvalue weighted by Gasteiger charge is -2.56. The van der Waals surface area contributed by atoms with Gasteiger partial charge in [0.05, 0.1) is 0 Å². The molecule has 1 N–H and O–H groups in total. The van der Waals surface area contributed by atoms with Crippen molar-refractivity contribution in [3.63, 3.8) is 0 Å². The summed E-state index contributed by atoms with van der Waals surface area (Å²) < 4.78 is 0. The molecule has 102 valence electrons. The van der Waals surface area contributed by atoms with Crippen LogP contribution in [0.2, 0.25) is 0 Å². The monoisotopic (exact) mass is 269 g/mol. The highest BCUT2D eigenvalue weighted by atomic mass is 35.5. The minimum atomic E-state index is 0.105. The number of amides is 1. The van der Waals surface area contributed by atoms with Crippen LogP contribution in [0.1, 0.15) is 51.9 Å². The van der Waals surface area contributed by atoms with Crippen molar-refractivity contribution in [2.45, 2.75) is 57.9 Å². The number of alkyl halides is 1. The Morgan fingerprint density at radius 2 is 1.72 bits per heavy atom. The average molecular weight is 270 g/mol. The van der Waals surface area contributed by atoms with Crippen LogP contribution in [0.25, 0.3) is 0 Å². The molecular weight excluding hydrogens is 246 g/mol. The zero-order valence-electron chi connectivity index (χ0n) is 11.3. The van der Waals surface area contributed by atoms with Gasteiger partial charge in [-0.3, -0.25) is 4.79 Å². The van der Waals surface area contributed by atoms with Gasteiger partial charge in [-0.2, -0.15) is 0 Å². The zero-order chi connectivity index (χ0) is 12.8. The maximum Gasteiger partial charge on any atom is 0.220 e. The van der Waals surface area contributed by atoms with Crippen LogP contribution >= 0.6 is 11.6 Å². The summed E-state index contributed by atoms with van der Waals surface area (Å²) >= 11 is 5.76. The third-order valence-corrected chi connectivity index (χ3v) is 5.80. The topological polar surface area (TPSA) is 29.1 Å². The predicted molar refractivity (Wildman–Crippen MR) is 73.5 cm³/mol. The standard InChI is InChI=1S/C15H24ClNO/c1-10(9-16)17-14(18)8-15-5-11-2-12(6-15)4-13(3-11)7-15/h10-13H,2-9H2,1H3,(H,17,18). The quantitative estimate of drug-likeness (QED) is 0.780. The highest BCUT2D eigenvalue weighted by molar-refractivity contribution is 6.18. The van der Waals surface area contributed by atoms with Gasteiger partial charge in [0, 0.05) is 18.3 Å². The van der Waals surface area contributed by atoms with Gasteiger partial charge in [0.25, 0.3) is 0 Å². The molecule has 4 bridgehead atoms. The molecule has 0 spiro atoms. The van der Waals surface area contributed by atoms with Gasteiger partial charge in [0.1, 0.15) is 0 Å². The van der Waals surface area contributed by atoms with E-state index < -0.39 is 0 Å². The van der Waals surface area contributed by atoms with Crippen molar-refractivity contribution in [2.24, 2.45) is 23.2 Å². The fourth-order valence-corrected chi connectivity index (χ4v) is 5.29. The van der Waals surface area contributed by atoms with Crippen LogP contribution < -0.4 is 5.32 Å². The molecule has 0 aromatic rings. The third kappa shape index (κ3) is 2.41. The van der Waals surface area contributed by atoms with E-state index in [9.17, 15) is 4.79 Å². The Morgan fingerprint density at radius 3 is 2.17 bits per heavy atom. The molecule has 0 aliphatic heterocycles. The zero-order valence-corrected chi connectivity index (χ0v) is 12.0. The Bertz CT molecular complexity index is 306. The van der Waals surface area contributed by atoms with Gasteiger partial charge in [-0.1, -0.05) is 0 Å². The fraction of sp³-hybridized carbons (Fsp3) is 0.933. The number of hydrogen-bond donors (Lipinski definition) is 1. The van der Waals surface area contributed by atoms with Crippen molar-refractivity contribution in [1.29, 1.82) is 0 Å². The molecule has 2 nitrogen and oxygen atoms in total. The van der Waals surface area contributed by atoms with E-state index in [1.807, 2.05) is 6.92 Å². The van der Waals surface area contributed by atoms with Crippen molar-refractivity contribution in [2.75, 3.05) is 5.88 Å². The van der Waals surface area contributed by atoms with Crippen molar-refractivity contribution in [3.8, 4) is 0 Å². The Morgan fingerprint density at radius 1 is 1.22 bits per heavy atom. The molecule has 1 unspecified atom stereocenters. The molecule has 1 amide bonds. The van der Waals surface area contributed by atoms with Crippen LogP contribution in [0.15, 0.2) is 0 Å². The van der Waals surface area contributed by atoms with Crippen LogP contribution in [-0.4, -0.2) is 17.8 Å². The Labute approximate surface area is 115 Å². The molecule has 18 heavy (non-hydrogen) atoms. The molecule has 3 heteroatoms. The van der Waals surface area contributed by atoms with Gasteiger partial charge in [-0.25, -0.2) is 0 Å². The molecule has 0 radical (unpaired) electrons. The first-order chi connectivity index (χ1) is 8.58. The molecule has 4 rings (SSSR count). The number of carbonyl (C=O) groups is 1. The van der Waals surface area contributed by atoms with Gasteiger partial charge in [-0.15, -0.1) is 11.6 Å². The molecule has 0 aromatic heterocycles. The van der Waals surface area contributed by atoms with E-state index in [1.54, 1.807) is 0 Å². The maximum absolute atomic E-state index is 12.1. The summed E-state index contributed by atoms with van der Waals surface area (Å²) in [5, 5.41) is 3.03. The molecule has 4 saturated carbocycles. The maximum atomic E-state index is 12.1. The van der Waals surface area contributed by atoms with Crippen LogP contribution in [0.4, 0.5) is 0 Å². The Hall–Kier alpha value is -0.240. The van der Waals surface area contributed by atoms with Crippen molar-refractivity contribution in [1.82, 2.24) is 5.32 Å². The summed E-state index contributed by atoms with van der Waals surface area (Å²) in [6.45, 7) is 1.98. The Kier molecular flexibility index (Phi) is 3.34. The fourth-order valence-electron chi connectivity index (χ4n) is 5.21. The lowest BCUT2D eigenvalue weighted by molar-refractivity contribution is -0.129. The molecule has 0 aromatic carbocycles. The van der Waals surface area contributed by atoms with E-state index in [4.69, 9.17) is 11.6 Å². The highest BCUT2D eigenvalue weighted by Crippen LogP contribution is 2.61. The molecule has 0 heterocycles. The number of rotatable bonds is 4. The van der Waals surface area contributed by atoms with E-state index in [0.29, 0.717) is 11.3 Å². The second-order valence-electron chi connectivity index (χ2n) is 7.22. The first-order valence-electron chi connectivity index (χ1n) is 7.44. The summed E-state index contributed by atoms with van der Waals surface area (Å²) in [5.41, 5.74) is 0.352. The molecule has 4 aliphatic rings. The molecule has 1 atom stereocenters. The first kappa shape index (κ1) is 12.8. The number of hydrogen-bond acceptors (Lipinski definition) is 1. The normalized spacial score (nSPS) is 42.9. The van der Waals surface area contributed by atoms with Gasteiger partial charge in [0.15, 0.2) is 0 Å². The second-order valence-corrected chi connectivity index (χ2v) is 7.53. The Balaban J connectivity index is 1.63. The second kappa shape index (κ2) is 4.70. The van der Waals surface area contributed by atoms with Gasteiger partial charge in [-0.05, 0) is 68.6 Å². The third-order valence-electron chi connectivity index (χ3n) is 5.34. The van der Waals surface area contributed by atoms with Crippen LogP contribution in [0.5, 0.6) is 0 Å². The summed E-state index contributed by atoms with van der Waals surface area (Å²) in [7, 11) is 0. The number of halogens is 1. The van der Waals surface area contributed by atoms with Crippen molar-refractivity contribution in [3.05, 3.63) is 0 Å². The lowest BCUT2D eigenvalue weighted by atomic mass is 9.49. The summed E-state index contributed by atoms with van der Waals surface area (Å²) in [4.78, 5) is 12.1. The van der Waals surface area contributed by atoms with Crippen molar-refractivity contribution < 1.29 is 4.79 Å². The molecule has 4 aliphatic carbocycles. The van der Waals surface area contributed by atoms with Crippen LogP contribution in [-0.2, 0) is 4.79 Å². The molecule has 4 fully saturated rings. The van der Waals surface area contributed by atoms with E-state index in [-0.39, 0.29) is 11.9 Å². The van der Waals surface area contributed by atoms with Gasteiger partial charge >= 0.3 is 0 Å². The molecule has 0 saturated heterocycles. The summed E-state index contributed by atoms with van der Waals surface area (Å²) in [6, 6.07) is 0.105. The summed E-state index contributed by atoms with van der Waals surface area (Å²) in [6.07, 6.45) is 9.00. The average Bonchev–Trinajstić information content (AvgIpc) is 2.25. The van der Waals surface area contributed by atoms with Crippen LogP contribution in [0.3, 0.4) is 0 Å². The number of nitrogens with one attached hydrogen (secondary N) is 1. The van der Waals surface area contributed by atoms with Gasteiger partial charge < -0.3 is 5.32 Å². The minimum absolute atomic E-state index is 0.105. The summed E-state index contributed by atoms with van der Waals surface area (Å²) in [5.74, 6) is 3.51. The molecular formula is C15H24ClNO. The highest BCUT2D eigenvalue weighted by Gasteiger charge is 2.51. The van der Waals surface area contributed by atoms with E-state index in [0.717, 1.165) is 24.2 Å². The SMILES string of the molecule is CC(CCl)NC(=O)CC12CC3CC(CC(C3)C1)C2. The van der Waals surface area contributed by atoms with E-state index >= 15 is 0 Å². The first-order valence-corrected chi connectivity index (χ1v) is 7.97. The minimum Gasteiger partial charge on any atom is -0.352 e.